The molecule has 15 heteroatoms. The van der Waals surface area contributed by atoms with Crippen LogP contribution in [-0.2, 0) is 14.3 Å². The van der Waals surface area contributed by atoms with Crippen LogP contribution in [0, 0.1) is 0 Å². The van der Waals surface area contributed by atoms with Crippen molar-refractivity contribution in [3.8, 4) is 5.75 Å². The van der Waals surface area contributed by atoms with Crippen LogP contribution >= 0.6 is 22.9 Å². The molecule has 1 aromatic carbocycles. The largest absolute Gasteiger partial charge is 0.433 e. The Bertz CT molecular complexity index is 1150. The SMILES string of the molecule is CCNC(=O)N[C@@H](CNC(=O)c1ccc(Cl)s1)C(=O)Nc1ccc(N2CCOCC2=O)cc1OC(F)F. The highest BCUT2D eigenvalue weighted by molar-refractivity contribution is 7.18. The maximum Gasteiger partial charge on any atom is 0.387 e. The lowest BCUT2D eigenvalue weighted by molar-refractivity contribution is -0.125. The normalized spacial score (nSPS) is 14.2. The zero-order valence-electron chi connectivity index (χ0n) is 19.5. The Balaban J connectivity index is 1.78. The first-order chi connectivity index (χ1) is 17.7. The van der Waals surface area contributed by atoms with Gasteiger partial charge in [-0.2, -0.15) is 8.78 Å². The number of hydrogen-bond donors (Lipinski definition) is 4. The number of nitrogens with zero attached hydrogens (tertiary/aromatic N) is 1. The van der Waals surface area contributed by atoms with Gasteiger partial charge < -0.3 is 35.6 Å². The summed E-state index contributed by atoms with van der Waals surface area (Å²) in [5, 5.41) is 9.86. The predicted molar refractivity (Wildman–Crippen MR) is 133 cm³/mol. The van der Waals surface area contributed by atoms with Crippen LogP contribution in [-0.4, -0.2) is 69.3 Å². The summed E-state index contributed by atoms with van der Waals surface area (Å²) in [6.07, 6.45) is 0. The maximum atomic E-state index is 13.1. The Kier molecular flexibility index (Phi) is 10.00. The van der Waals surface area contributed by atoms with Crippen LogP contribution in [0.25, 0.3) is 0 Å². The first-order valence-corrected chi connectivity index (χ1v) is 12.2. The Morgan fingerprint density at radius 2 is 2.00 bits per heavy atom. The quantitative estimate of drug-likeness (QED) is 0.353. The van der Waals surface area contributed by atoms with Crippen LogP contribution in [0.5, 0.6) is 5.75 Å². The van der Waals surface area contributed by atoms with Gasteiger partial charge in [-0.1, -0.05) is 11.6 Å². The number of alkyl halides is 2. The molecule has 11 nitrogen and oxygen atoms in total. The summed E-state index contributed by atoms with van der Waals surface area (Å²) in [6, 6.07) is 5.02. The van der Waals surface area contributed by atoms with Crippen molar-refractivity contribution in [2.75, 3.05) is 43.1 Å². The van der Waals surface area contributed by atoms with Gasteiger partial charge in [-0.05, 0) is 31.2 Å². The van der Waals surface area contributed by atoms with Crippen LogP contribution < -0.4 is 30.9 Å². The molecule has 0 radical (unpaired) electrons. The van der Waals surface area contributed by atoms with E-state index in [2.05, 4.69) is 26.0 Å². The van der Waals surface area contributed by atoms with Gasteiger partial charge in [0.1, 0.15) is 12.6 Å². The van der Waals surface area contributed by atoms with Gasteiger partial charge in [0.2, 0.25) is 5.91 Å². The average Bonchev–Trinajstić information content (AvgIpc) is 3.29. The number of anilines is 2. The van der Waals surface area contributed by atoms with Crippen molar-refractivity contribution < 1.29 is 37.4 Å². The molecule has 4 N–H and O–H groups in total. The number of benzene rings is 1. The Labute approximate surface area is 219 Å². The second-order valence-corrected chi connectivity index (χ2v) is 9.23. The van der Waals surface area contributed by atoms with E-state index in [1.54, 1.807) is 6.92 Å². The van der Waals surface area contributed by atoms with E-state index in [-0.39, 0.29) is 50.1 Å². The first-order valence-electron chi connectivity index (χ1n) is 11.0. The first kappa shape index (κ1) is 28.1. The summed E-state index contributed by atoms with van der Waals surface area (Å²) < 4.78 is 36.3. The van der Waals surface area contributed by atoms with E-state index in [1.165, 1.54) is 35.2 Å². The number of carbonyl (C=O) groups excluding carboxylic acids is 4. The average molecular weight is 560 g/mol. The summed E-state index contributed by atoms with van der Waals surface area (Å²) >= 11 is 6.88. The fraction of sp³-hybridized carbons (Fsp3) is 0.364. The van der Waals surface area contributed by atoms with Gasteiger partial charge in [0.05, 0.1) is 21.5 Å². The molecule has 200 valence electrons. The topological polar surface area (TPSA) is 138 Å². The number of hydrogen-bond acceptors (Lipinski definition) is 7. The molecular formula is C22H24ClF2N5O6S. The monoisotopic (exact) mass is 559 g/mol. The van der Waals surface area contributed by atoms with Gasteiger partial charge in [0.15, 0.2) is 5.75 Å². The van der Waals surface area contributed by atoms with Gasteiger partial charge in [-0.3, -0.25) is 14.4 Å². The third kappa shape index (κ3) is 8.00. The number of nitrogens with one attached hydrogen (secondary N) is 4. The summed E-state index contributed by atoms with van der Waals surface area (Å²) in [4.78, 5) is 51.3. The predicted octanol–water partition coefficient (Wildman–Crippen LogP) is 2.42. The summed E-state index contributed by atoms with van der Waals surface area (Å²) in [5.41, 5.74) is 0.148. The van der Waals surface area contributed by atoms with Crippen LogP contribution in [0.15, 0.2) is 30.3 Å². The molecule has 1 aliphatic rings. The van der Waals surface area contributed by atoms with Crippen molar-refractivity contribution in [2.24, 2.45) is 0 Å². The minimum atomic E-state index is -3.22. The molecule has 3 rings (SSSR count). The van der Waals surface area contributed by atoms with Crippen LogP contribution in [0.3, 0.4) is 0 Å². The fourth-order valence-corrected chi connectivity index (χ4v) is 4.24. The number of rotatable bonds is 10. The molecule has 0 unspecified atom stereocenters. The number of halogens is 3. The molecule has 37 heavy (non-hydrogen) atoms. The third-order valence-electron chi connectivity index (χ3n) is 4.96. The van der Waals surface area contributed by atoms with Crippen molar-refractivity contribution in [1.29, 1.82) is 0 Å². The van der Waals surface area contributed by atoms with Gasteiger partial charge in [-0.15, -0.1) is 11.3 Å². The smallest absolute Gasteiger partial charge is 0.387 e. The van der Waals surface area contributed by atoms with E-state index in [0.29, 0.717) is 9.21 Å². The highest BCUT2D eigenvalue weighted by Gasteiger charge is 2.26. The Hall–Kier alpha value is -3.49. The zero-order chi connectivity index (χ0) is 26.9. The summed E-state index contributed by atoms with van der Waals surface area (Å²) in [6.45, 7) is -1.26. The van der Waals surface area contributed by atoms with Gasteiger partial charge in [-0.25, -0.2) is 4.79 Å². The van der Waals surface area contributed by atoms with E-state index in [9.17, 15) is 28.0 Å². The van der Waals surface area contributed by atoms with Crippen molar-refractivity contribution in [2.45, 2.75) is 19.6 Å². The Morgan fingerprint density at radius 1 is 1.22 bits per heavy atom. The standard InChI is InChI=1S/C22H24ClF2N5O6S/c1-2-26-22(34)29-14(10-27-20(33)16-5-6-17(23)37-16)19(32)28-13-4-3-12(9-15(13)36-21(24)25)30-7-8-35-11-18(30)31/h3-6,9,14,21H,2,7-8,10-11H2,1H3,(H,27,33)(H,28,32)(H2,26,29,34)/t14-/m0/s1. The molecule has 0 aliphatic carbocycles. The van der Waals surface area contributed by atoms with Crippen molar-refractivity contribution in [3.05, 3.63) is 39.5 Å². The van der Waals surface area contributed by atoms with Crippen LogP contribution in [0.2, 0.25) is 4.34 Å². The summed E-state index contributed by atoms with van der Waals surface area (Å²) in [5.74, 6) is -2.09. The molecular weight excluding hydrogens is 536 g/mol. The number of urea groups is 1. The number of carbonyl (C=O) groups is 4. The van der Waals surface area contributed by atoms with Crippen LogP contribution in [0.4, 0.5) is 25.0 Å². The lowest BCUT2D eigenvalue weighted by Crippen LogP contribution is -2.53. The van der Waals surface area contributed by atoms with E-state index in [4.69, 9.17) is 16.3 Å². The van der Waals surface area contributed by atoms with E-state index >= 15 is 0 Å². The second-order valence-electron chi connectivity index (χ2n) is 7.52. The van der Waals surface area contributed by atoms with Gasteiger partial charge >= 0.3 is 12.6 Å². The van der Waals surface area contributed by atoms with E-state index < -0.39 is 36.2 Å². The second kappa shape index (κ2) is 13.2. The molecule has 1 saturated heterocycles. The minimum Gasteiger partial charge on any atom is -0.433 e. The third-order valence-corrected chi connectivity index (χ3v) is 6.19. The molecule has 1 fully saturated rings. The Morgan fingerprint density at radius 3 is 2.65 bits per heavy atom. The zero-order valence-corrected chi connectivity index (χ0v) is 21.1. The van der Waals surface area contributed by atoms with E-state index in [0.717, 1.165) is 11.3 Å². The molecule has 0 spiro atoms. The van der Waals surface area contributed by atoms with Gasteiger partial charge in [0.25, 0.3) is 11.8 Å². The number of morpholine rings is 1. The summed E-state index contributed by atoms with van der Waals surface area (Å²) in [7, 11) is 0. The minimum absolute atomic E-state index is 0.131. The molecule has 2 heterocycles. The molecule has 1 aromatic heterocycles. The lowest BCUT2D eigenvalue weighted by atomic mass is 10.2. The molecule has 1 aliphatic heterocycles. The molecule has 0 saturated carbocycles. The number of ether oxygens (including phenoxy) is 2. The lowest BCUT2D eigenvalue weighted by Gasteiger charge is -2.27. The fourth-order valence-electron chi connectivity index (χ4n) is 3.28. The maximum absolute atomic E-state index is 13.1. The van der Waals surface area contributed by atoms with Gasteiger partial charge in [0, 0.05) is 31.4 Å². The number of thiophene rings is 1. The van der Waals surface area contributed by atoms with Crippen molar-refractivity contribution in [3.63, 3.8) is 0 Å². The van der Waals surface area contributed by atoms with Crippen molar-refractivity contribution in [1.82, 2.24) is 16.0 Å². The van der Waals surface area contributed by atoms with Crippen LogP contribution in [0.1, 0.15) is 16.6 Å². The molecule has 2 aromatic rings. The molecule has 0 bridgehead atoms. The highest BCUT2D eigenvalue weighted by atomic mass is 35.5. The highest BCUT2D eigenvalue weighted by Crippen LogP contribution is 2.32. The van der Waals surface area contributed by atoms with Crippen molar-refractivity contribution >= 4 is 58.1 Å². The molecule has 5 amide bonds. The number of amides is 5. The molecule has 1 atom stereocenters. The van der Waals surface area contributed by atoms with E-state index in [1.807, 2.05) is 0 Å².